The lowest BCUT2D eigenvalue weighted by Crippen LogP contribution is -2.43. The van der Waals surface area contributed by atoms with Crippen molar-refractivity contribution >= 4 is 5.57 Å². The smallest absolute Gasteiger partial charge is 0.131 e. The topological polar surface area (TPSA) is 21.3 Å². The monoisotopic (exact) mass is 673 g/mol. The van der Waals surface area contributed by atoms with Gasteiger partial charge in [0.2, 0.25) is 0 Å². The lowest BCUT2D eigenvalue weighted by molar-refractivity contribution is 0.347. The molecule has 0 amide bonds. The number of hydrogen-bond acceptors (Lipinski definition) is 2. The van der Waals surface area contributed by atoms with Crippen molar-refractivity contribution in [2.24, 2.45) is 11.8 Å². The molecule has 4 aliphatic carbocycles. The summed E-state index contributed by atoms with van der Waals surface area (Å²) in [6, 6.07) is 28.3. The third-order valence-electron chi connectivity index (χ3n) is 11.7. The Morgan fingerprint density at radius 3 is 2.15 bits per heavy atom. The Bertz CT molecular complexity index is 2270. The molecule has 2 aliphatic heterocycles. The highest BCUT2D eigenvalue weighted by molar-refractivity contribution is 5.74. The fourth-order valence-electron chi connectivity index (χ4n) is 9.32. The molecule has 3 aromatic rings. The van der Waals surface area contributed by atoms with Gasteiger partial charge in [0.05, 0.1) is 5.41 Å². The van der Waals surface area contributed by atoms with Gasteiger partial charge in [0.15, 0.2) is 0 Å². The molecule has 2 heteroatoms. The van der Waals surface area contributed by atoms with E-state index in [-0.39, 0.29) is 11.8 Å². The van der Waals surface area contributed by atoms with Gasteiger partial charge < -0.3 is 10.1 Å². The summed E-state index contributed by atoms with van der Waals surface area (Å²) in [5.74, 6) is 8.92. The van der Waals surface area contributed by atoms with Crippen molar-refractivity contribution in [1.82, 2.24) is 5.32 Å². The van der Waals surface area contributed by atoms with Crippen molar-refractivity contribution in [3.63, 3.8) is 0 Å². The summed E-state index contributed by atoms with van der Waals surface area (Å²) in [4.78, 5) is 0. The van der Waals surface area contributed by atoms with Crippen LogP contribution in [0.25, 0.3) is 5.57 Å². The Kier molecular flexibility index (Phi) is 8.50. The van der Waals surface area contributed by atoms with Crippen LogP contribution in [0.3, 0.4) is 0 Å². The fraction of sp³-hybridized carbons (Fsp3) is 0.200. The molecule has 0 fully saturated rings. The van der Waals surface area contributed by atoms with E-state index in [9.17, 15) is 0 Å². The highest BCUT2D eigenvalue weighted by Gasteiger charge is 2.52. The van der Waals surface area contributed by atoms with Crippen molar-refractivity contribution in [3.8, 4) is 23.3 Å². The molecule has 9 rings (SSSR count). The Balaban J connectivity index is 1.24. The first-order chi connectivity index (χ1) is 25.7. The van der Waals surface area contributed by atoms with Gasteiger partial charge in [0.1, 0.15) is 11.5 Å². The summed E-state index contributed by atoms with van der Waals surface area (Å²) < 4.78 is 6.69. The van der Waals surface area contributed by atoms with Crippen LogP contribution in [0.2, 0.25) is 0 Å². The molecule has 2 atom stereocenters. The zero-order valence-corrected chi connectivity index (χ0v) is 29.7. The van der Waals surface area contributed by atoms with E-state index < -0.39 is 5.41 Å². The largest absolute Gasteiger partial charge is 0.457 e. The molecule has 6 aliphatic rings. The van der Waals surface area contributed by atoms with Crippen LogP contribution in [-0.4, -0.2) is 0 Å². The molecule has 0 spiro atoms. The van der Waals surface area contributed by atoms with Crippen LogP contribution in [0.5, 0.6) is 11.5 Å². The van der Waals surface area contributed by atoms with Crippen LogP contribution < -0.4 is 10.1 Å². The number of ether oxygens (including phenoxy) is 1. The summed E-state index contributed by atoms with van der Waals surface area (Å²) in [5.41, 5.74) is 13.8. The molecule has 0 saturated carbocycles. The molecular weight excluding hydrogens is 631 g/mol. The second kappa shape index (κ2) is 13.7. The van der Waals surface area contributed by atoms with E-state index in [0.717, 1.165) is 55.7 Å². The Morgan fingerprint density at radius 1 is 0.712 bits per heavy atom. The number of allylic oxidation sites excluding steroid dienone is 18. The molecule has 0 radical (unpaired) electrons. The second-order valence-electron chi connectivity index (χ2n) is 14.4. The van der Waals surface area contributed by atoms with E-state index in [1.54, 1.807) is 0 Å². The predicted octanol–water partition coefficient (Wildman–Crippen LogP) is 11.9. The SMILES string of the molecule is CC1=C(C2CC=CC=C2c2ccccc2)NC(C2=CC=CCC2C2(C3=CC#CCC3)c3ccccc3Oc3ccccc32)=CC=C1C1=CC=CCC1. The fourth-order valence-corrected chi connectivity index (χ4v) is 9.32. The van der Waals surface area contributed by atoms with Gasteiger partial charge in [-0.2, -0.15) is 0 Å². The number of fused-ring (bicyclic) bond motifs is 2. The van der Waals surface area contributed by atoms with Gasteiger partial charge in [-0.1, -0.05) is 139 Å². The summed E-state index contributed by atoms with van der Waals surface area (Å²) in [6.45, 7) is 2.33. The normalized spacial score (nSPS) is 22.7. The van der Waals surface area contributed by atoms with E-state index in [1.807, 2.05) is 0 Å². The van der Waals surface area contributed by atoms with Gasteiger partial charge in [-0.3, -0.25) is 0 Å². The van der Waals surface area contributed by atoms with Crippen LogP contribution in [0.1, 0.15) is 62.1 Å². The van der Waals surface area contributed by atoms with Gasteiger partial charge in [-0.05, 0) is 102 Å². The predicted molar refractivity (Wildman–Crippen MR) is 214 cm³/mol. The molecular formula is C50H43NO. The average Bonchev–Trinajstić information content (AvgIpc) is 3.39. The maximum Gasteiger partial charge on any atom is 0.131 e. The van der Waals surface area contributed by atoms with Crippen LogP contribution >= 0.6 is 0 Å². The third-order valence-corrected chi connectivity index (χ3v) is 11.7. The first-order valence-electron chi connectivity index (χ1n) is 18.8. The van der Waals surface area contributed by atoms with E-state index in [4.69, 9.17) is 4.74 Å². The summed E-state index contributed by atoms with van der Waals surface area (Å²) in [5, 5.41) is 4.20. The molecule has 3 aromatic carbocycles. The van der Waals surface area contributed by atoms with Crippen LogP contribution in [0.15, 0.2) is 191 Å². The molecule has 254 valence electrons. The molecule has 2 unspecified atom stereocenters. The van der Waals surface area contributed by atoms with Crippen LogP contribution in [-0.2, 0) is 5.41 Å². The highest BCUT2D eigenvalue weighted by atomic mass is 16.5. The van der Waals surface area contributed by atoms with E-state index in [0.29, 0.717) is 0 Å². The van der Waals surface area contributed by atoms with Crippen molar-refractivity contribution in [1.29, 1.82) is 0 Å². The Labute approximate surface area is 308 Å². The number of rotatable bonds is 6. The van der Waals surface area contributed by atoms with Gasteiger partial charge in [0.25, 0.3) is 0 Å². The minimum atomic E-state index is -0.462. The van der Waals surface area contributed by atoms with Crippen molar-refractivity contribution in [2.45, 2.75) is 50.9 Å². The van der Waals surface area contributed by atoms with E-state index in [2.05, 4.69) is 176 Å². The summed E-state index contributed by atoms with van der Waals surface area (Å²) >= 11 is 0. The van der Waals surface area contributed by atoms with Gasteiger partial charge >= 0.3 is 0 Å². The number of hydrogen-bond donors (Lipinski definition) is 1. The summed E-state index contributed by atoms with van der Waals surface area (Å²) in [6.07, 6.45) is 33.4. The van der Waals surface area contributed by atoms with Crippen molar-refractivity contribution in [3.05, 3.63) is 208 Å². The third kappa shape index (κ3) is 5.44. The zero-order chi connectivity index (χ0) is 34.9. The lowest BCUT2D eigenvalue weighted by Gasteiger charge is -2.49. The Morgan fingerprint density at radius 2 is 1.42 bits per heavy atom. The number of para-hydroxylation sites is 2. The van der Waals surface area contributed by atoms with E-state index >= 15 is 0 Å². The number of benzene rings is 3. The standard InChI is InChI=1S/C50H43NO/c1-35-39(36-19-5-2-6-20-36)33-34-46(51-49(35)41-26-12-11-25-40(41)37-21-7-3-8-22-37)42-27-13-14-28-43(42)50(38-23-9-4-10-24-38)44-29-15-17-31-47(44)52-48-32-18-16-30-45(48)50/h2-3,5,7-8,11-19,21-22,24-25,27,29-34,41,43,51H,6,9,20,23,26,28H2,1H3. The van der Waals surface area contributed by atoms with E-state index in [1.165, 1.54) is 55.8 Å². The average molecular weight is 674 g/mol. The van der Waals surface area contributed by atoms with Crippen LogP contribution in [0.4, 0.5) is 0 Å². The molecule has 1 N–H and O–H groups in total. The molecule has 0 bridgehead atoms. The van der Waals surface area contributed by atoms with Crippen molar-refractivity contribution in [2.75, 3.05) is 0 Å². The first kappa shape index (κ1) is 32.1. The maximum atomic E-state index is 6.69. The van der Waals surface area contributed by atoms with Gasteiger partial charge in [0, 0.05) is 40.8 Å². The highest BCUT2D eigenvalue weighted by Crippen LogP contribution is 2.60. The van der Waals surface area contributed by atoms with Gasteiger partial charge in [-0.25, -0.2) is 0 Å². The number of nitrogens with one attached hydrogen (secondary N) is 1. The minimum absolute atomic E-state index is 0.0947. The maximum absolute atomic E-state index is 6.69. The molecule has 0 aromatic heterocycles. The summed E-state index contributed by atoms with van der Waals surface area (Å²) in [7, 11) is 0. The quantitative estimate of drug-likeness (QED) is 0.263. The zero-order valence-electron chi connectivity index (χ0n) is 29.7. The first-order valence-corrected chi connectivity index (χ1v) is 18.8. The molecule has 0 saturated heterocycles. The van der Waals surface area contributed by atoms with Crippen LogP contribution in [0, 0.1) is 23.7 Å². The molecule has 2 nitrogen and oxygen atoms in total. The van der Waals surface area contributed by atoms with Gasteiger partial charge in [-0.15, -0.1) is 0 Å². The second-order valence-corrected chi connectivity index (χ2v) is 14.4. The van der Waals surface area contributed by atoms with Crippen molar-refractivity contribution < 1.29 is 4.74 Å². The molecule has 52 heavy (non-hydrogen) atoms. The minimum Gasteiger partial charge on any atom is -0.457 e. The molecule has 2 heterocycles. The Hall–Kier alpha value is -5.78. The lowest BCUT2D eigenvalue weighted by atomic mass is 9.55.